The first kappa shape index (κ1) is 10.9. The van der Waals surface area contributed by atoms with Crippen molar-refractivity contribution in [2.75, 3.05) is 0 Å². The van der Waals surface area contributed by atoms with Gasteiger partial charge in [0.1, 0.15) is 0 Å². The van der Waals surface area contributed by atoms with Crippen LogP contribution in [0, 0.1) is 5.92 Å². The Morgan fingerprint density at radius 2 is 1.77 bits per heavy atom. The molecule has 78 valence electrons. The normalized spacial score (nSPS) is 30.5. The van der Waals surface area contributed by atoms with E-state index >= 15 is 0 Å². The molecule has 1 aliphatic carbocycles. The van der Waals surface area contributed by atoms with E-state index in [1.165, 1.54) is 0 Å². The summed E-state index contributed by atoms with van der Waals surface area (Å²) in [5, 5.41) is 9.18. The highest BCUT2D eigenvalue weighted by molar-refractivity contribution is 4.82. The molecule has 0 aliphatic heterocycles. The molecule has 1 fully saturated rings. The van der Waals surface area contributed by atoms with Crippen molar-refractivity contribution in [3.05, 3.63) is 0 Å². The Hall–Kier alpha value is -0.180. The van der Waals surface area contributed by atoms with E-state index in [2.05, 4.69) is 0 Å². The molecule has 0 aromatic carbocycles. The maximum atomic E-state index is 13.4. The summed E-state index contributed by atoms with van der Waals surface area (Å²) in [5.41, 5.74) is 0. The lowest BCUT2D eigenvalue weighted by Gasteiger charge is -2.31. The van der Waals surface area contributed by atoms with Crippen molar-refractivity contribution in [2.45, 2.75) is 57.5 Å². The second kappa shape index (κ2) is 4.36. The minimum atomic E-state index is -2.51. The Labute approximate surface area is 78.1 Å². The van der Waals surface area contributed by atoms with Crippen molar-refractivity contribution in [2.24, 2.45) is 5.92 Å². The molecular weight excluding hydrogens is 174 g/mol. The van der Waals surface area contributed by atoms with E-state index in [1.807, 2.05) is 0 Å². The number of alkyl halides is 2. The summed E-state index contributed by atoms with van der Waals surface area (Å²) >= 11 is 0. The van der Waals surface area contributed by atoms with E-state index in [0.29, 0.717) is 32.1 Å². The summed E-state index contributed by atoms with van der Waals surface area (Å²) < 4.78 is 26.7. The number of hydrogen-bond acceptors (Lipinski definition) is 1. The molecule has 0 atom stereocenters. The standard InChI is InChI=1S/C10H18F2O/c1-2-7-10(11,12)8-3-5-9(13)6-4-8/h8-9,13H,2-7H2,1H3. The quantitative estimate of drug-likeness (QED) is 0.728. The number of aliphatic hydroxyl groups is 1. The maximum absolute atomic E-state index is 13.4. The van der Waals surface area contributed by atoms with Gasteiger partial charge in [-0.1, -0.05) is 13.3 Å². The van der Waals surface area contributed by atoms with Crippen molar-refractivity contribution >= 4 is 0 Å². The molecule has 1 N–H and O–H groups in total. The highest BCUT2D eigenvalue weighted by Gasteiger charge is 2.39. The van der Waals surface area contributed by atoms with Crippen LogP contribution in [0.4, 0.5) is 8.78 Å². The lowest BCUT2D eigenvalue weighted by atomic mass is 9.82. The fourth-order valence-electron chi connectivity index (χ4n) is 2.04. The summed E-state index contributed by atoms with van der Waals surface area (Å²) in [6, 6.07) is 0. The molecule has 0 unspecified atom stereocenters. The molecule has 0 aromatic rings. The summed E-state index contributed by atoms with van der Waals surface area (Å²) in [6.45, 7) is 1.78. The molecule has 0 radical (unpaired) electrons. The number of halogens is 2. The van der Waals surface area contributed by atoms with Gasteiger partial charge >= 0.3 is 0 Å². The van der Waals surface area contributed by atoms with Gasteiger partial charge in [0.25, 0.3) is 5.92 Å². The average Bonchev–Trinajstić information content (AvgIpc) is 2.05. The number of hydrogen-bond donors (Lipinski definition) is 1. The molecule has 3 heteroatoms. The third kappa shape index (κ3) is 2.90. The first-order valence-electron chi connectivity index (χ1n) is 5.12. The summed E-state index contributed by atoms with van der Waals surface area (Å²) in [5.74, 6) is -3.00. The molecule has 1 nitrogen and oxygen atoms in total. The van der Waals surface area contributed by atoms with Crippen LogP contribution in [0.15, 0.2) is 0 Å². The Morgan fingerprint density at radius 1 is 1.23 bits per heavy atom. The predicted molar refractivity (Wildman–Crippen MR) is 47.8 cm³/mol. The fraction of sp³-hybridized carbons (Fsp3) is 1.00. The van der Waals surface area contributed by atoms with Gasteiger partial charge in [-0.3, -0.25) is 0 Å². The highest BCUT2D eigenvalue weighted by Crippen LogP contribution is 2.39. The lowest BCUT2D eigenvalue weighted by molar-refractivity contribution is -0.0875. The molecule has 1 rings (SSSR count). The molecule has 0 saturated heterocycles. The first-order valence-corrected chi connectivity index (χ1v) is 5.12. The van der Waals surface area contributed by atoms with Crippen molar-refractivity contribution < 1.29 is 13.9 Å². The lowest BCUT2D eigenvalue weighted by Crippen LogP contribution is -2.32. The third-order valence-electron chi connectivity index (χ3n) is 2.88. The Kier molecular flexibility index (Phi) is 3.65. The molecule has 0 heterocycles. The molecule has 13 heavy (non-hydrogen) atoms. The van der Waals surface area contributed by atoms with Crippen LogP contribution in [-0.2, 0) is 0 Å². The van der Waals surface area contributed by atoms with Gasteiger partial charge in [-0.15, -0.1) is 0 Å². The highest BCUT2D eigenvalue weighted by atomic mass is 19.3. The van der Waals surface area contributed by atoms with Crippen LogP contribution in [0.2, 0.25) is 0 Å². The van der Waals surface area contributed by atoms with Crippen LogP contribution in [0.1, 0.15) is 45.4 Å². The van der Waals surface area contributed by atoms with Gasteiger partial charge in [0.15, 0.2) is 0 Å². The number of rotatable bonds is 3. The summed E-state index contributed by atoms with van der Waals surface area (Å²) in [7, 11) is 0. The van der Waals surface area contributed by atoms with Gasteiger partial charge in [-0.05, 0) is 25.7 Å². The first-order chi connectivity index (χ1) is 6.06. The molecule has 0 spiro atoms. The van der Waals surface area contributed by atoms with Crippen LogP contribution in [-0.4, -0.2) is 17.1 Å². The minimum absolute atomic E-state index is 0.00619. The van der Waals surface area contributed by atoms with Crippen molar-refractivity contribution in [1.29, 1.82) is 0 Å². The van der Waals surface area contributed by atoms with Crippen molar-refractivity contribution in [3.8, 4) is 0 Å². The zero-order chi connectivity index (χ0) is 9.90. The number of aliphatic hydroxyl groups excluding tert-OH is 1. The molecule has 1 aliphatic rings. The van der Waals surface area contributed by atoms with Crippen molar-refractivity contribution in [1.82, 2.24) is 0 Å². The van der Waals surface area contributed by atoms with Crippen molar-refractivity contribution in [3.63, 3.8) is 0 Å². The second-order valence-corrected chi connectivity index (χ2v) is 4.02. The molecule has 1 saturated carbocycles. The maximum Gasteiger partial charge on any atom is 0.250 e. The van der Waals surface area contributed by atoms with E-state index in [0.717, 1.165) is 0 Å². The van der Waals surface area contributed by atoms with Gasteiger partial charge in [0.2, 0.25) is 0 Å². The fourth-order valence-corrected chi connectivity index (χ4v) is 2.04. The summed E-state index contributed by atoms with van der Waals surface area (Å²) in [4.78, 5) is 0. The zero-order valence-electron chi connectivity index (χ0n) is 8.10. The van der Waals surface area contributed by atoms with Crippen LogP contribution in [0.25, 0.3) is 0 Å². The topological polar surface area (TPSA) is 20.2 Å². The van der Waals surface area contributed by atoms with Gasteiger partial charge in [0.05, 0.1) is 6.10 Å². The largest absolute Gasteiger partial charge is 0.393 e. The van der Waals surface area contributed by atoms with E-state index in [-0.39, 0.29) is 12.5 Å². The monoisotopic (exact) mass is 192 g/mol. The summed E-state index contributed by atoms with van der Waals surface area (Å²) in [6.07, 6.45) is 2.24. The van der Waals surface area contributed by atoms with E-state index < -0.39 is 11.8 Å². The zero-order valence-corrected chi connectivity index (χ0v) is 8.10. The molecule has 0 amide bonds. The Morgan fingerprint density at radius 3 is 2.23 bits per heavy atom. The Bertz CT molecular complexity index is 151. The van der Waals surface area contributed by atoms with Gasteiger partial charge in [0, 0.05) is 12.3 Å². The SMILES string of the molecule is CCCC(F)(F)C1CCC(O)CC1. The smallest absolute Gasteiger partial charge is 0.250 e. The van der Waals surface area contributed by atoms with Crippen LogP contribution in [0.5, 0.6) is 0 Å². The van der Waals surface area contributed by atoms with Crippen LogP contribution >= 0.6 is 0 Å². The van der Waals surface area contributed by atoms with E-state index in [4.69, 9.17) is 0 Å². The van der Waals surface area contributed by atoms with E-state index in [1.54, 1.807) is 6.92 Å². The second-order valence-electron chi connectivity index (χ2n) is 4.02. The average molecular weight is 192 g/mol. The molecule has 0 aromatic heterocycles. The van der Waals surface area contributed by atoms with Gasteiger partial charge in [-0.25, -0.2) is 8.78 Å². The van der Waals surface area contributed by atoms with E-state index in [9.17, 15) is 13.9 Å². The van der Waals surface area contributed by atoms with Crippen LogP contribution < -0.4 is 0 Å². The molecule has 0 bridgehead atoms. The molecular formula is C10H18F2O. The van der Waals surface area contributed by atoms with Gasteiger partial charge in [-0.2, -0.15) is 0 Å². The Balaban J connectivity index is 2.42. The third-order valence-corrected chi connectivity index (χ3v) is 2.88. The predicted octanol–water partition coefficient (Wildman–Crippen LogP) is 2.97. The van der Waals surface area contributed by atoms with Crippen LogP contribution in [0.3, 0.4) is 0 Å². The minimum Gasteiger partial charge on any atom is -0.393 e. The van der Waals surface area contributed by atoms with Gasteiger partial charge < -0.3 is 5.11 Å².